The summed E-state index contributed by atoms with van der Waals surface area (Å²) in [6, 6.07) is 13.4. The van der Waals surface area contributed by atoms with Crippen LogP contribution >= 0.6 is 0 Å². The summed E-state index contributed by atoms with van der Waals surface area (Å²) in [5.74, 6) is -0.476. The number of urea groups is 2. The van der Waals surface area contributed by atoms with Crippen LogP contribution < -0.4 is 16.0 Å². The second-order valence-corrected chi connectivity index (χ2v) is 8.70. The Hall–Kier alpha value is -3.81. The normalized spacial score (nSPS) is 15.7. The molecule has 1 aliphatic heterocycles. The van der Waals surface area contributed by atoms with Gasteiger partial charge in [-0.1, -0.05) is 44.2 Å². The highest BCUT2D eigenvalue weighted by atomic mass is 16.5. The number of amides is 4. The Bertz CT molecular complexity index is 1130. The Labute approximate surface area is 206 Å². The first-order valence-electron chi connectivity index (χ1n) is 12.0. The van der Waals surface area contributed by atoms with Crippen molar-refractivity contribution in [1.82, 2.24) is 10.2 Å². The number of carbonyl (C=O) groups is 3. The Balaban J connectivity index is 1.88. The fourth-order valence-corrected chi connectivity index (χ4v) is 4.10. The molecular formula is C27H34N4O4. The molecule has 186 valence electrons. The second-order valence-electron chi connectivity index (χ2n) is 8.70. The molecule has 0 aliphatic carbocycles. The Morgan fingerprint density at radius 2 is 1.83 bits per heavy atom. The maximum absolute atomic E-state index is 13.0. The highest BCUT2D eigenvalue weighted by molar-refractivity contribution is 6.00. The molecule has 2 aromatic rings. The van der Waals surface area contributed by atoms with Crippen molar-refractivity contribution in [3.05, 3.63) is 70.9 Å². The molecule has 0 saturated heterocycles. The number of ether oxygens (including phenoxy) is 1. The summed E-state index contributed by atoms with van der Waals surface area (Å²) in [5, 5.41) is 8.66. The van der Waals surface area contributed by atoms with E-state index in [9.17, 15) is 14.4 Å². The average Bonchev–Trinajstić information content (AvgIpc) is 2.81. The van der Waals surface area contributed by atoms with Crippen molar-refractivity contribution < 1.29 is 19.1 Å². The van der Waals surface area contributed by atoms with Gasteiger partial charge in [0.1, 0.15) is 0 Å². The van der Waals surface area contributed by atoms with Gasteiger partial charge in [-0.05, 0) is 62.9 Å². The van der Waals surface area contributed by atoms with E-state index in [-0.39, 0.29) is 18.2 Å². The maximum atomic E-state index is 13.0. The van der Waals surface area contributed by atoms with Crippen LogP contribution in [0.15, 0.2) is 59.8 Å². The van der Waals surface area contributed by atoms with Gasteiger partial charge in [0.2, 0.25) is 0 Å². The zero-order chi connectivity index (χ0) is 25.5. The van der Waals surface area contributed by atoms with E-state index in [0.717, 1.165) is 24.1 Å². The van der Waals surface area contributed by atoms with Crippen molar-refractivity contribution in [2.24, 2.45) is 0 Å². The van der Waals surface area contributed by atoms with Crippen molar-refractivity contribution in [2.45, 2.75) is 59.6 Å². The topological polar surface area (TPSA) is 99.8 Å². The van der Waals surface area contributed by atoms with Crippen LogP contribution in [0.3, 0.4) is 0 Å². The number of carbonyl (C=O) groups excluding carboxylic acids is 3. The Morgan fingerprint density at radius 1 is 1.09 bits per heavy atom. The van der Waals surface area contributed by atoms with Crippen molar-refractivity contribution in [2.75, 3.05) is 17.2 Å². The summed E-state index contributed by atoms with van der Waals surface area (Å²) in [4.78, 5) is 40.1. The number of hydrogen-bond donors (Lipinski definition) is 3. The van der Waals surface area contributed by atoms with E-state index in [1.54, 1.807) is 43.9 Å². The smallest absolute Gasteiger partial charge is 0.338 e. The van der Waals surface area contributed by atoms with Crippen LogP contribution in [0.1, 0.15) is 58.2 Å². The lowest BCUT2D eigenvalue weighted by Crippen LogP contribution is -2.48. The zero-order valence-electron chi connectivity index (χ0n) is 21.0. The van der Waals surface area contributed by atoms with Gasteiger partial charge in [-0.25, -0.2) is 14.4 Å². The maximum Gasteiger partial charge on any atom is 0.338 e. The summed E-state index contributed by atoms with van der Waals surface area (Å²) < 4.78 is 5.50. The Morgan fingerprint density at radius 3 is 2.51 bits per heavy atom. The molecular weight excluding hydrogens is 444 g/mol. The van der Waals surface area contributed by atoms with Crippen molar-refractivity contribution >= 4 is 29.4 Å². The number of para-hydroxylation sites is 1. The molecule has 3 rings (SSSR count). The van der Waals surface area contributed by atoms with Gasteiger partial charge in [-0.2, -0.15) is 0 Å². The first-order chi connectivity index (χ1) is 16.7. The lowest BCUT2D eigenvalue weighted by atomic mass is 9.94. The van der Waals surface area contributed by atoms with Gasteiger partial charge in [0.05, 0.1) is 17.7 Å². The number of esters is 1. The van der Waals surface area contributed by atoms with Gasteiger partial charge in [0.15, 0.2) is 0 Å². The molecule has 2 aromatic carbocycles. The first kappa shape index (κ1) is 25.8. The predicted molar refractivity (Wildman–Crippen MR) is 137 cm³/mol. The average molecular weight is 479 g/mol. The van der Waals surface area contributed by atoms with E-state index in [1.807, 2.05) is 44.2 Å². The van der Waals surface area contributed by atoms with Gasteiger partial charge >= 0.3 is 18.0 Å². The molecule has 0 bridgehead atoms. The van der Waals surface area contributed by atoms with Crippen molar-refractivity contribution in [3.63, 3.8) is 0 Å². The van der Waals surface area contributed by atoms with Crippen LogP contribution in [0.4, 0.5) is 21.0 Å². The van der Waals surface area contributed by atoms with Crippen molar-refractivity contribution in [3.8, 4) is 0 Å². The number of rotatable bonds is 8. The fourth-order valence-electron chi connectivity index (χ4n) is 4.10. The molecule has 8 nitrogen and oxygen atoms in total. The third-order valence-corrected chi connectivity index (χ3v) is 5.73. The highest BCUT2D eigenvalue weighted by Gasteiger charge is 2.36. The molecule has 0 fully saturated rings. The van der Waals surface area contributed by atoms with E-state index in [4.69, 9.17) is 4.74 Å². The lowest BCUT2D eigenvalue weighted by Gasteiger charge is -2.35. The van der Waals surface area contributed by atoms with Crippen LogP contribution in [-0.4, -0.2) is 35.6 Å². The monoisotopic (exact) mass is 478 g/mol. The van der Waals surface area contributed by atoms with E-state index < -0.39 is 12.0 Å². The van der Waals surface area contributed by atoms with E-state index in [2.05, 4.69) is 16.0 Å². The third kappa shape index (κ3) is 6.20. The summed E-state index contributed by atoms with van der Waals surface area (Å²) in [6.45, 7) is 9.82. The molecule has 0 radical (unpaired) electrons. The quantitative estimate of drug-likeness (QED) is 0.430. The molecule has 1 heterocycles. The summed E-state index contributed by atoms with van der Waals surface area (Å²) in [5.41, 5.74) is 3.93. The van der Waals surface area contributed by atoms with Crippen LogP contribution in [0.2, 0.25) is 0 Å². The number of nitrogens with one attached hydrogen (secondary N) is 3. The summed E-state index contributed by atoms with van der Waals surface area (Å²) in [7, 11) is 0. The second kappa shape index (κ2) is 11.6. The van der Waals surface area contributed by atoms with Gasteiger partial charge in [-0.15, -0.1) is 0 Å². The number of hydrogen-bond acceptors (Lipinski definition) is 4. The molecule has 4 amide bonds. The van der Waals surface area contributed by atoms with Crippen molar-refractivity contribution in [1.29, 1.82) is 0 Å². The molecule has 0 aromatic heterocycles. The molecule has 0 saturated carbocycles. The number of anilines is 2. The van der Waals surface area contributed by atoms with Crippen LogP contribution in [-0.2, 0) is 16.0 Å². The zero-order valence-corrected chi connectivity index (χ0v) is 21.0. The molecule has 0 spiro atoms. The first-order valence-corrected chi connectivity index (χ1v) is 12.0. The van der Waals surface area contributed by atoms with Gasteiger partial charge in [-0.3, -0.25) is 4.90 Å². The summed E-state index contributed by atoms with van der Waals surface area (Å²) >= 11 is 0. The number of allylic oxidation sites excluding steroid dienone is 1. The van der Waals surface area contributed by atoms with Gasteiger partial charge < -0.3 is 20.7 Å². The minimum Gasteiger partial charge on any atom is -0.459 e. The van der Waals surface area contributed by atoms with Crippen LogP contribution in [0.5, 0.6) is 0 Å². The fraction of sp³-hybridized carbons (Fsp3) is 0.370. The number of nitrogens with zero attached hydrogens (tertiary/aromatic N) is 1. The number of aryl methyl sites for hydroxylation is 1. The van der Waals surface area contributed by atoms with E-state index in [1.165, 1.54) is 0 Å². The lowest BCUT2D eigenvalue weighted by molar-refractivity contribution is -0.143. The molecule has 1 aliphatic rings. The van der Waals surface area contributed by atoms with E-state index >= 15 is 0 Å². The van der Waals surface area contributed by atoms with Crippen LogP contribution in [0.25, 0.3) is 0 Å². The predicted octanol–water partition coefficient (Wildman–Crippen LogP) is 5.59. The Kier molecular flexibility index (Phi) is 8.52. The van der Waals surface area contributed by atoms with Crippen LogP contribution in [0, 0.1) is 0 Å². The minimum atomic E-state index is -0.701. The molecule has 35 heavy (non-hydrogen) atoms. The minimum absolute atomic E-state index is 0.275. The van der Waals surface area contributed by atoms with E-state index in [0.29, 0.717) is 29.1 Å². The summed E-state index contributed by atoms with van der Waals surface area (Å²) in [6.07, 6.45) is 1.24. The molecule has 0 unspecified atom stereocenters. The standard InChI is InChI=1S/C27H34N4O4/c1-6-15-31-18(5)23(25(32)35-17(3)4)24(30-27(31)34)20-12-10-13-21(16-20)28-26(33)29-22-14-9-8-11-19(22)7-2/h8-14,16-17,24H,6-7,15H2,1-5H3,(H,30,34)(H2,28,29,33)/t24-/m0/s1. The SMILES string of the molecule is CCCN1C(=O)N[C@@H](c2cccc(NC(=O)Nc3ccccc3CC)c2)C(C(=O)OC(C)C)=C1C. The number of benzene rings is 2. The van der Waals surface area contributed by atoms with Gasteiger partial charge in [0, 0.05) is 23.6 Å². The molecule has 1 atom stereocenters. The molecule has 8 heteroatoms. The largest absolute Gasteiger partial charge is 0.459 e. The molecule has 3 N–H and O–H groups in total. The highest BCUT2D eigenvalue weighted by Crippen LogP contribution is 2.33. The third-order valence-electron chi connectivity index (χ3n) is 5.73. The van der Waals surface area contributed by atoms with Gasteiger partial charge in [0.25, 0.3) is 0 Å².